The van der Waals surface area contributed by atoms with E-state index in [1.165, 1.54) is 43.5 Å². The number of aryl methyl sites for hydroxylation is 5. The fraction of sp³-hybridized carbons (Fsp3) is 0.0732. The van der Waals surface area contributed by atoms with Gasteiger partial charge in [-0.05, 0) is 204 Å². The molecule has 0 aliphatic carbocycles. The molecule has 508 valence electrons. The van der Waals surface area contributed by atoms with Crippen molar-refractivity contribution < 1.29 is 74.1 Å². The molecule has 12 rings (SSSR count). The van der Waals surface area contributed by atoms with Crippen LogP contribution in [-0.2, 0) is 29.3 Å². The van der Waals surface area contributed by atoms with E-state index in [0.29, 0.717) is 102 Å². The van der Waals surface area contributed by atoms with Crippen molar-refractivity contribution in [2.45, 2.75) is 54.2 Å². The van der Waals surface area contributed by atoms with Crippen LogP contribution in [0.4, 0.5) is 0 Å². The molecule has 2 N–H and O–H groups in total. The summed E-state index contributed by atoms with van der Waals surface area (Å²) in [5.74, 6) is 3.11. The quantitative estimate of drug-likeness (QED) is 0.0211. The van der Waals surface area contributed by atoms with Crippen molar-refractivity contribution in [3.05, 3.63) is 351 Å². The second-order valence-corrected chi connectivity index (χ2v) is 27.3. The van der Waals surface area contributed by atoms with Gasteiger partial charge in [0, 0.05) is 56.1 Å². The lowest BCUT2D eigenvalue weighted by Crippen LogP contribution is -2.02. The summed E-state index contributed by atoms with van der Waals surface area (Å²) in [6, 6.07) is 79.3. The van der Waals surface area contributed by atoms with Crippen molar-refractivity contribution in [2.24, 2.45) is 0 Å². The van der Waals surface area contributed by atoms with E-state index in [1.807, 2.05) is 120 Å². The lowest BCUT2D eigenvalue weighted by molar-refractivity contribution is -0.432. The molecule has 0 heterocycles. The smallest absolute Gasteiger partial charge is 0.295 e. The van der Waals surface area contributed by atoms with Crippen LogP contribution in [0.3, 0.4) is 0 Å². The van der Waals surface area contributed by atoms with Crippen molar-refractivity contribution >= 4 is 55.1 Å². The normalized spacial score (nSPS) is 11.0. The van der Waals surface area contributed by atoms with Gasteiger partial charge < -0.3 is 18.9 Å². The SMILES string of the molecule is COc1ccc(-c2ccc(Oc3ccc(C(=O)c4ccc(C)cc4)cc3)cc2SOOO)c(S(=O)(=O)O)c1.Cc1ccc(C(=O)c2ccc(Oc3ccc(C(=O)c4ccc(C)cc4)cc3)cc2)cc1.Cc1ccc(C(=O)c2ccc(Oc3ccc(S(=O)(=O)c4ccc(C)cc4)cc3)cc2)cc1. The van der Waals surface area contributed by atoms with Crippen LogP contribution in [-0.4, -0.2) is 56.9 Å². The molecule has 0 aliphatic heterocycles. The highest BCUT2D eigenvalue weighted by Gasteiger charge is 2.23. The molecule has 0 fully saturated rings. The monoisotopic (exact) mass is 1400 g/mol. The standard InChI is InChI=1S/C28H22O3.C27H22O9S2.C27H22O4S/c1-19-3-7-21(8-4-19)27(29)23-11-15-25(16-12-23)31-26-17-13-24(14-18-26)28(30)22-9-5-20(2)6-10-22;1-17-3-5-18(6-4-17)27(28)19-7-9-20(10-8-19)34-22-12-13-23(25(15-22)37-36-35-29)24-14-11-21(33-2)16-26(24)38(30,31)32;1-19-3-7-21(8-4-19)27(28)22-9-11-23(12-10-22)31-24-13-17-26(18-14-24)32(29,30)25-15-5-20(2)6-16-25/h3-18H,1-2H3;3-16,29H,1-2H3,(H,30,31,32);3-18H,1-2H3. The number of hydrogen-bond acceptors (Lipinski definition) is 16. The molecule has 12 aromatic carbocycles. The summed E-state index contributed by atoms with van der Waals surface area (Å²) in [5, 5.41) is 12.4. The Balaban J connectivity index is 0.000000164. The summed E-state index contributed by atoms with van der Waals surface area (Å²) < 4.78 is 86.7. The van der Waals surface area contributed by atoms with Gasteiger partial charge in [0.25, 0.3) is 10.1 Å². The Kier molecular flexibility index (Phi) is 23.6. The number of sulfone groups is 1. The summed E-state index contributed by atoms with van der Waals surface area (Å²) in [6.07, 6.45) is 0. The summed E-state index contributed by atoms with van der Waals surface area (Å²) in [4.78, 5) is 50.9. The molecule has 0 saturated heterocycles. The summed E-state index contributed by atoms with van der Waals surface area (Å²) in [5.41, 5.74) is 10.7. The van der Waals surface area contributed by atoms with Crippen LogP contribution in [0, 0.1) is 34.6 Å². The van der Waals surface area contributed by atoms with E-state index in [2.05, 4.69) is 9.37 Å². The predicted molar refractivity (Wildman–Crippen MR) is 386 cm³/mol. The van der Waals surface area contributed by atoms with Crippen molar-refractivity contribution in [1.29, 1.82) is 0 Å². The maximum atomic E-state index is 12.8. The van der Waals surface area contributed by atoms with Crippen LogP contribution < -0.4 is 18.9 Å². The second-order valence-electron chi connectivity index (χ2n) is 23.2. The van der Waals surface area contributed by atoms with E-state index in [1.54, 1.807) is 158 Å². The molecule has 0 amide bonds. The van der Waals surface area contributed by atoms with Gasteiger partial charge in [-0.25, -0.2) is 13.7 Å². The molecule has 0 aromatic heterocycles. The highest BCUT2D eigenvalue weighted by molar-refractivity contribution is 7.94. The fourth-order valence-corrected chi connectivity index (χ4v) is 12.6. The van der Waals surface area contributed by atoms with Gasteiger partial charge in [-0.15, -0.1) is 4.33 Å². The average molecular weight is 1400 g/mol. The van der Waals surface area contributed by atoms with Gasteiger partial charge >= 0.3 is 0 Å². The largest absolute Gasteiger partial charge is 0.497 e. The maximum absolute atomic E-state index is 12.8. The number of rotatable bonds is 22. The first-order valence-corrected chi connectivity index (χ1v) is 34.9. The summed E-state index contributed by atoms with van der Waals surface area (Å²) in [7, 11) is -6.83. The molecular weight excluding hydrogens is 1340 g/mol. The lowest BCUT2D eigenvalue weighted by atomic mass is 10.0. The lowest BCUT2D eigenvalue weighted by Gasteiger charge is -2.14. The Bertz CT molecular complexity index is 5030. The van der Waals surface area contributed by atoms with Gasteiger partial charge in [0.15, 0.2) is 23.1 Å². The first-order valence-electron chi connectivity index (χ1n) is 31.3. The average Bonchev–Trinajstić information content (AvgIpc) is 0.783. The van der Waals surface area contributed by atoms with Crippen LogP contribution in [0.5, 0.6) is 40.2 Å². The number of benzene rings is 12. The van der Waals surface area contributed by atoms with E-state index in [-0.39, 0.29) is 49.1 Å². The zero-order valence-electron chi connectivity index (χ0n) is 55.4. The van der Waals surface area contributed by atoms with Gasteiger partial charge in [-0.1, -0.05) is 142 Å². The third kappa shape index (κ3) is 19.1. The number of hydrogen-bond donors (Lipinski definition) is 2. The van der Waals surface area contributed by atoms with Crippen LogP contribution in [0.2, 0.25) is 0 Å². The van der Waals surface area contributed by atoms with Crippen LogP contribution in [0.1, 0.15) is 91.5 Å². The van der Waals surface area contributed by atoms with Crippen LogP contribution >= 0.6 is 12.0 Å². The molecule has 0 saturated carbocycles. The predicted octanol–water partition coefficient (Wildman–Crippen LogP) is 19.1. The van der Waals surface area contributed by atoms with E-state index < -0.39 is 20.0 Å². The third-order valence-electron chi connectivity index (χ3n) is 15.8. The molecule has 12 aromatic rings. The summed E-state index contributed by atoms with van der Waals surface area (Å²) >= 11 is 0.596. The Hall–Kier alpha value is -11.4. The highest BCUT2D eigenvalue weighted by atomic mass is 32.2. The van der Waals surface area contributed by atoms with E-state index in [4.69, 9.17) is 24.2 Å². The van der Waals surface area contributed by atoms with Gasteiger partial charge in [0.2, 0.25) is 9.84 Å². The molecule has 0 aliphatic rings. The van der Waals surface area contributed by atoms with E-state index >= 15 is 0 Å². The zero-order chi connectivity index (χ0) is 71.8. The minimum Gasteiger partial charge on any atom is -0.497 e. The molecular formula is C82H66O16S3. The Labute approximate surface area is 589 Å². The van der Waals surface area contributed by atoms with Gasteiger partial charge in [0.05, 0.1) is 33.8 Å². The van der Waals surface area contributed by atoms with Crippen molar-refractivity contribution in [1.82, 2.24) is 0 Å². The maximum Gasteiger partial charge on any atom is 0.295 e. The first kappa shape index (κ1) is 72.4. The van der Waals surface area contributed by atoms with Crippen LogP contribution in [0.15, 0.2) is 299 Å². The van der Waals surface area contributed by atoms with Gasteiger partial charge in [-0.2, -0.15) is 8.42 Å². The number of ketones is 4. The molecule has 0 atom stereocenters. The molecule has 0 radical (unpaired) electrons. The fourth-order valence-electron chi connectivity index (χ4n) is 10.1. The van der Waals surface area contributed by atoms with Crippen molar-refractivity contribution in [2.75, 3.05) is 7.11 Å². The Morgan fingerprint density at radius 1 is 0.317 bits per heavy atom. The Morgan fingerprint density at radius 2 is 0.564 bits per heavy atom. The molecule has 16 nitrogen and oxygen atoms in total. The van der Waals surface area contributed by atoms with Crippen LogP contribution in [0.25, 0.3) is 11.1 Å². The molecule has 0 unspecified atom stereocenters. The molecule has 19 heteroatoms. The van der Waals surface area contributed by atoms with Crippen molar-refractivity contribution in [3.63, 3.8) is 0 Å². The van der Waals surface area contributed by atoms with E-state index in [0.717, 1.165) is 27.8 Å². The minimum absolute atomic E-state index is 0.0227. The molecule has 0 bridgehead atoms. The number of ether oxygens (including phenoxy) is 4. The topological polar surface area (TPSA) is 232 Å². The van der Waals surface area contributed by atoms with E-state index in [9.17, 15) is 40.6 Å². The second kappa shape index (κ2) is 33.0. The summed E-state index contributed by atoms with van der Waals surface area (Å²) in [6.45, 7) is 9.82. The molecule has 101 heavy (non-hydrogen) atoms. The Morgan fingerprint density at radius 3 is 0.861 bits per heavy atom. The van der Waals surface area contributed by atoms with Crippen molar-refractivity contribution in [3.8, 4) is 51.4 Å². The zero-order valence-corrected chi connectivity index (χ0v) is 57.8. The minimum atomic E-state index is -4.61. The van der Waals surface area contributed by atoms with Gasteiger partial charge in [-0.3, -0.25) is 23.7 Å². The number of carbonyl (C=O) groups excluding carboxylic acids is 4. The number of methoxy groups -OCH3 is 1. The third-order valence-corrected chi connectivity index (χ3v) is 19.1. The highest BCUT2D eigenvalue weighted by Crippen LogP contribution is 2.40. The molecule has 0 spiro atoms. The van der Waals surface area contributed by atoms with Gasteiger partial charge in [0.1, 0.15) is 45.1 Å². The first-order chi connectivity index (χ1) is 48.5. The number of carbonyl (C=O) groups is 4.